The SMILES string of the molecule is FC(F)(F)c1ccc(OCc2ccc(Oc3ccccc3)nc2)cc1. The van der Waals surface area contributed by atoms with Gasteiger partial charge in [-0.1, -0.05) is 18.2 Å². The minimum absolute atomic E-state index is 0.198. The highest BCUT2D eigenvalue weighted by atomic mass is 19.4. The zero-order chi connectivity index (χ0) is 17.7. The van der Waals surface area contributed by atoms with Gasteiger partial charge < -0.3 is 9.47 Å². The maximum Gasteiger partial charge on any atom is 0.416 e. The number of aromatic nitrogens is 1. The Morgan fingerprint density at radius 1 is 0.800 bits per heavy atom. The average molecular weight is 345 g/mol. The maximum atomic E-state index is 12.5. The number of benzene rings is 2. The summed E-state index contributed by atoms with van der Waals surface area (Å²) in [5, 5.41) is 0. The minimum Gasteiger partial charge on any atom is -0.489 e. The molecule has 0 atom stereocenters. The summed E-state index contributed by atoms with van der Waals surface area (Å²) in [7, 11) is 0. The number of halogens is 3. The summed E-state index contributed by atoms with van der Waals surface area (Å²) in [5.74, 6) is 1.49. The van der Waals surface area contributed by atoms with Gasteiger partial charge in [-0.05, 0) is 42.5 Å². The Kier molecular flexibility index (Phi) is 4.88. The first kappa shape index (κ1) is 16.8. The number of rotatable bonds is 5. The van der Waals surface area contributed by atoms with Gasteiger partial charge in [-0.15, -0.1) is 0 Å². The van der Waals surface area contributed by atoms with Crippen LogP contribution in [0.25, 0.3) is 0 Å². The standard InChI is InChI=1S/C19H14F3NO2/c20-19(21,22)15-7-9-16(10-8-15)24-13-14-6-11-18(23-12-14)25-17-4-2-1-3-5-17/h1-12H,13H2. The van der Waals surface area contributed by atoms with Crippen molar-refractivity contribution in [3.8, 4) is 17.4 Å². The Bertz CT molecular complexity index is 801. The van der Waals surface area contributed by atoms with Crippen molar-refractivity contribution in [2.24, 2.45) is 0 Å². The van der Waals surface area contributed by atoms with Gasteiger partial charge in [0.1, 0.15) is 18.1 Å². The highest BCUT2D eigenvalue weighted by molar-refractivity contribution is 5.30. The summed E-state index contributed by atoms with van der Waals surface area (Å²) in [6.07, 6.45) is -2.75. The third-order valence-corrected chi connectivity index (χ3v) is 3.35. The van der Waals surface area contributed by atoms with Gasteiger partial charge in [0, 0.05) is 17.8 Å². The van der Waals surface area contributed by atoms with E-state index in [0.29, 0.717) is 17.4 Å². The molecule has 0 aliphatic heterocycles. The molecular weight excluding hydrogens is 331 g/mol. The molecule has 25 heavy (non-hydrogen) atoms. The molecule has 0 radical (unpaired) electrons. The van der Waals surface area contributed by atoms with E-state index in [1.165, 1.54) is 12.1 Å². The predicted octanol–water partition coefficient (Wildman–Crippen LogP) is 5.47. The first-order valence-corrected chi connectivity index (χ1v) is 7.48. The van der Waals surface area contributed by atoms with E-state index in [0.717, 1.165) is 17.7 Å². The Morgan fingerprint density at radius 3 is 2.12 bits per heavy atom. The van der Waals surface area contributed by atoms with Crippen LogP contribution in [0.5, 0.6) is 17.4 Å². The van der Waals surface area contributed by atoms with Crippen molar-refractivity contribution in [3.05, 3.63) is 84.1 Å². The molecule has 3 nitrogen and oxygen atoms in total. The van der Waals surface area contributed by atoms with E-state index in [9.17, 15) is 13.2 Å². The van der Waals surface area contributed by atoms with Crippen LogP contribution in [0.4, 0.5) is 13.2 Å². The van der Waals surface area contributed by atoms with Crippen LogP contribution in [-0.2, 0) is 12.8 Å². The first-order chi connectivity index (χ1) is 12.0. The lowest BCUT2D eigenvalue weighted by molar-refractivity contribution is -0.137. The maximum absolute atomic E-state index is 12.5. The summed E-state index contributed by atoms with van der Waals surface area (Å²) in [6, 6.07) is 17.3. The Labute approximate surface area is 142 Å². The van der Waals surface area contributed by atoms with Crippen LogP contribution in [0, 0.1) is 0 Å². The van der Waals surface area contributed by atoms with Crippen LogP contribution in [0.1, 0.15) is 11.1 Å². The van der Waals surface area contributed by atoms with Gasteiger partial charge in [0.05, 0.1) is 5.56 Å². The first-order valence-electron chi connectivity index (χ1n) is 7.48. The molecule has 0 saturated carbocycles. The smallest absolute Gasteiger partial charge is 0.416 e. The lowest BCUT2D eigenvalue weighted by atomic mass is 10.2. The van der Waals surface area contributed by atoms with E-state index in [1.54, 1.807) is 18.3 Å². The van der Waals surface area contributed by atoms with Gasteiger partial charge in [0.25, 0.3) is 0 Å². The van der Waals surface area contributed by atoms with Gasteiger partial charge in [-0.25, -0.2) is 4.98 Å². The Balaban J connectivity index is 1.57. The van der Waals surface area contributed by atoms with Crippen LogP contribution in [-0.4, -0.2) is 4.98 Å². The Hall–Kier alpha value is -3.02. The van der Waals surface area contributed by atoms with Gasteiger partial charge in [-0.3, -0.25) is 0 Å². The molecule has 0 bridgehead atoms. The second-order valence-corrected chi connectivity index (χ2v) is 5.23. The molecule has 0 aliphatic rings. The second-order valence-electron chi connectivity index (χ2n) is 5.23. The average Bonchev–Trinajstić information content (AvgIpc) is 2.62. The molecule has 2 aromatic carbocycles. The van der Waals surface area contributed by atoms with Crippen molar-refractivity contribution in [3.63, 3.8) is 0 Å². The van der Waals surface area contributed by atoms with Gasteiger partial charge in [0.2, 0.25) is 5.88 Å². The quantitative estimate of drug-likeness (QED) is 0.614. The number of pyridine rings is 1. The van der Waals surface area contributed by atoms with E-state index < -0.39 is 11.7 Å². The lowest BCUT2D eigenvalue weighted by Gasteiger charge is -2.09. The number of para-hydroxylation sites is 1. The molecule has 128 valence electrons. The van der Waals surface area contributed by atoms with Crippen LogP contribution >= 0.6 is 0 Å². The van der Waals surface area contributed by atoms with E-state index in [-0.39, 0.29) is 6.61 Å². The van der Waals surface area contributed by atoms with Crippen molar-refractivity contribution < 1.29 is 22.6 Å². The number of hydrogen-bond acceptors (Lipinski definition) is 3. The van der Waals surface area contributed by atoms with Crippen molar-refractivity contribution in [2.75, 3.05) is 0 Å². The molecule has 1 aromatic heterocycles. The fraction of sp³-hybridized carbons (Fsp3) is 0.105. The summed E-state index contributed by atoms with van der Waals surface area (Å²) < 4.78 is 48.6. The largest absolute Gasteiger partial charge is 0.489 e. The fourth-order valence-corrected chi connectivity index (χ4v) is 2.07. The molecule has 3 rings (SSSR count). The van der Waals surface area contributed by atoms with Crippen molar-refractivity contribution in [2.45, 2.75) is 12.8 Å². The molecular formula is C19H14F3NO2. The molecule has 3 aromatic rings. The summed E-state index contributed by atoms with van der Waals surface area (Å²) in [5.41, 5.74) is 0.0734. The van der Waals surface area contributed by atoms with Gasteiger partial charge >= 0.3 is 6.18 Å². The molecule has 0 fully saturated rings. The second kappa shape index (κ2) is 7.25. The number of nitrogens with zero attached hydrogens (tertiary/aromatic N) is 1. The summed E-state index contributed by atoms with van der Waals surface area (Å²) in [4.78, 5) is 4.18. The van der Waals surface area contributed by atoms with Crippen LogP contribution in [0.15, 0.2) is 72.9 Å². The van der Waals surface area contributed by atoms with Crippen molar-refractivity contribution >= 4 is 0 Å². The zero-order valence-corrected chi connectivity index (χ0v) is 13.0. The van der Waals surface area contributed by atoms with Crippen molar-refractivity contribution in [1.82, 2.24) is 4.98 Å². The number of ether oxygens (including phenoxy) is 2. The molecule has 0 unspecified atom stereocenters. The van der Waals surface area contributed by atoms with E-state index in [2.05, 4.69) is 4.98 Å². The molecule has 1 heterocycles. The normalized spacial score (nSPS) is 11.2. The molecule has 0 spiro atoms. The lowest BCUT2D eigenvalue weighted by Crippen LogP contribution is -2.04. The monoisotopic (exact) mass is 345 g/mol. The van der Waals surface area contributed by atoms with Gasteiger partial charge in [-0.2, -0.15) is 13.2 Å². The number of hydrogen-bond donors (Lipinski definition) is 0. The predicted molar refractivity (Wildman–Crippen MR) is 86.5 cm³/mol. The Morgan fingerprint density at radius 2 is 1.52 bits per heavy atom. The highest BCUT2D eigenvalue weighted by Crippen LogP contribution is 2.30. The molecule has 0 saturated heterocycles. The zero-order valence-electron chi connectivity index (χ0n) is 13.0. The van der Waals surface area contributed by atoms with Crippen LogP contribution in [0.2, 0.25) is 0 Å². The highest BCUT2D eigenvalue weighted by Gasteiger charge is 2.29. The molecule has 6 heteroatoms. The topological polar surface area (TPSA) is 31.4 Å². The van der Waals surface area contributed by atoms with Gasteiger partial charge in [0.15, 0.2) is 0 Å². The third kappa shape index (κ3) is 4.73. The summed E-state index contributed by atoms with van der Waals surface area (Å²) in [6.45, 7) is 0.198. The van der Waals surface area contributed by atoms with Crippen LogP contribution in [0.3, 0.4) is 0 Å². The molecule has 0 N–H and O–H groups in total. The molecule has 0 amide bonds. The van der Waals surface area contributed by atoms with E-state index in [4.69, 9.17) is 9.47 Å². The van der Waals surface area contributed by atoms with Crippen molar-refractivity contribution in [1.29, 1.82) is 0 Å². The third-order valence-electron chi connectivity index (χ3n) is 3.35. The van der Waals surface area contributed by atoms with E-state index >= 15 is 0 Å². The summed E-state index contributed by atoms with van der Waals surface area (Å²) >= 11 is 0. The molecule has 0 aliphatic carbocycles. The van der Waals surface area contributed by atoms with E-state index in [1.807, 2.05) is 30.3 Å². The minimum atomic E-state index is -4.35. The van der Waals surface area contributed by atoms with Crippen LogP contribution < -0.4 is 9.47 Å². The fourth-order valence-electron chi connectivity index (χ4n) is 2.07. The number of alkyl halides is 3.